The molecule has 0 atom stereocenters. The average molecular weight is 377 g/mol. The van der Waals surface area contributed by atoms with Crippen LogP contribution in [0.4, 0.5) is 5.69 Å². The number of thiocarbonyl (C=S) groups is 1. The Morgan fingerprint density at radius 1 is 1.00 bits per heavy atom. The first-order valence-electron chi connectivity index (χ1n) is 8.35. The summed E-state index contributed by atoms with van der Waals surface area (Å²) in [7, 11) is 0. The van der Waals surface area contributed by atoms with Gasteiger partial charge in [-0.25, -0.2) is 0 Å². The summed E-state index contributed by atoms with van der Waals surface area (Å²) in [6, 6.07) is 24.5. The lowest BCUT2D eigenvalue weighted by molar-refractivity contribution is 0.304. The lowest BCUT2D eigenvalue weighted by Gasteiger charge is -2.08. The molecule has 0 aliphatic heterocycles. The minimum Gasteiger partial charge on any atom is -0.507 e. The van der Waals surface area contributed by atoms with Gasteiger partial charge < -0.3 is 15.2 Å². The Labute approximate surface area is 163 Å². The van der Waals surface area contributed by atoms with Crippen molar-refractivity contribution in [3.8, 4) is 11.5 Å². The standard InChI is InChI=1S/C21H19N3O2S/c25-20-13-19(26-15-16-7-3-1-4-8-16)12-11-17(20)14-22-24-21(27)23-18-9-5-2-6-10-18/h1-14,25H,15H2,(H2,23,24,27)/b22-14+. The highest BCUT2D eigenvalue weighted by atomic mass is 32.1. The summed E-state index contributed by atoms with van der Waals surface area (Å²) < 4.78 is 5.69. The number of ether oxygens (including phenoxy) is 1. The SMILES string of the molecule is Oc1cc(OCc2ccccc2)ccc1/C=N/NC(=S)Nc1ccccc1. The van der Waals surface area contributed by atoms with E-state index in [0.29, 0.717) is 23.0 Å². The predicted molar refractivity (Wildman–Crippen MR) is 112 cm³/mol. The van der Waals surface area contributed by atoms with Crippen LogP contribution in [0.5, 0.6) is 11.5 Å². The van der Waals surface area contributed by atoms with Crippen LogP contribution in [-0.2, 0) is 6.61 Å². The average Bonchev–Trinajstić information content (AvgIpc) is 2.69. The van der Waals surface area contributed by atoms with E-state index < -0.39 is 0 Å². The number of aromatic hydroxyl groups is 1. The molecule has 0 aliphatic rings. The second-order valence-electron chi connectivity index (χ2n) is 5.69. The number of nitrogens with one attached hydrogen (secondary N) is 2. The number of benzene rings is 3. The zero-order valence-corrected chi connectivity index (χ0v) is 15.3. The Morgan fingerprint density at radius 3 is 2.41 bits per heavy atom. The minimum absolute atomic E-state index is 0.0769. The number of para-hydroxylation sites is 1. The summed E-state index contributed by atoms with van der Waals surface area (Å²) in [5, 5.41) is 17.6. The van der Waals surface area contributed by atoms with Crippen molar-refractivity contribution in [2.75, 3.05) is 5.32 Å². The minimum atomic E-state index is 0.0769. The molecule has 6 heteroatoms. The van der Waals surface area contributed by atoms with E-state index in [2.05, 4.69) is 15.8 Å². The van der Waals surface area contributed by atoms with Crippen LogP contribution in [0.3, 0.4) is 0 Å². The van der Waals surface area contributed by atoms with E-state index in [4.69, 9.17) is 17.0 Å². The second kappa shape index (κ2) is 9.35. The normalized spacial score (nSPS) is 10.5. The van der Waals surface area contributed by atoms with Gasteiger partial charge >= 0.3 is 0 Å². The molecule has 5 nitrogen and oxygen atoms in total. The molecule has 3 rings (SSSR count). The first kappa shape index (κ1) is 18.4. The number of phenols is 1. The van der Waals surface area contributed by atoms with Crippen LogP contribution in [-0.4, -0.2) is 16.4 Å². The van der Waals surface area contributed by atoms with Crippen molar-refractivity contribution in [2.24, 2.45) is 5.10 Å². The summed E-state index contributed by atoms with van der Waals surface area (Å²) in [6.07, 6.45) is 1.50. The summed E-state index contributed by atoms with van der Waals surface area (Å²) in [4.78, 5) is 0. The highest BCUT2D eigenvalue weighted by molar-refractivity contribution is 7.80. The maximum atomic E-state index is 10.1. The summed E-state index contributed by atoms with van der Waals surface area (Å²) >= 11 is 5.17. The molecule has 0 saturated carbocycles. The van der Waals surface area contributed by atoms with Gasteiger partial charge in [-0.3, -0.25) is 5.43 Å². The third-order valence-corrected chi connectivity index (χ3v) is 3.84. The zero-order chi connectivity index (χ0) is 18.9. The quantitative estimate of drug-likeness (QED) is 0.340. The fraction of sp³-hybridized carbons (Fsp3) is 0.0476. The van der Waals surface area contributed by atoms with Crippen LogP contribution in [0.25, 0.3) is 0 Å². The van der Waals surface area contributed by atoms with Gasteiger partial charge in [-0.05, 0) is 42.0 Å². The molecule has 0 saturated heterocycles. The molecule has 0 unspecified atom stereocenters. The van der Waals surface area contributed by atoms with Crippen molar-refractivity contribution >= 4 is 29.2 Å². The second-order valence-corrected chi connectivity index (χ2v) is 6.09. The van der Waals surface area contributed by atoms with Gasteiger partial charge in [-0.2, -0.15) is 5.10 Å². The van der Waals surface area contributed by atoms with Crippen LogP contribution < -0.4 is 15.5 Å². The first-order valence-corrected chi connectivity index (χ1v) is 8.76. The van der Waals surface area contributed by atoms with Gasteiger partial charge in [0.1, 0.15) is 18.1 Å². The van der Waals surface area contributed by atoms with Gasteiger partial charge in [0.2, 0.25) is 0 Å². The Bertz CT molecular complexity index is 915. The number of nitrogens with zero attached hydrogens (tertiary/aromatic N) is 1. The van der Waals surface area contributed by atoms with E-state index in [1.807, 2.05) is 60.7 Å². The number of anilines is 1. The van der Waals surface area contributed by atoms with E-state index in [1.165, 1.54) is 6.21 Å². The van der Waals surface area contributed by atoms with Crippen LogP contribution in [0.1, 0.15) is 11.1 Å². The molecule has 0 amide bonds. The molecular formula is C21H19N3O2S. The van der Waals surface area contributed by atoms with Crippen LogP contribution in [0.15, 0.2) is 84.0 Å². The molecule has 0 aromatic heterocycles. The fourth-order valence-corrected chi connectivity index (χ4v) is 2.47. The predicted octanol–water partition coefficient (Wildman–Crippen LogP) is 4.29. The maximum Gasteiger partial charge on any atom is 0.191 e. The molecule has 0 fully saturated rings. The zero-order valence-electron chi connectivity index (χ0n) is 14.5. The molecule has 27 heavy (non-hydrogen) atoms. The van der Waals surface area contributed by atoms with Crippen LogP contribution >= 0.6 is 12.2 Å². The molecule has 136 valence electrons. The Kier molecular flexibility index (Phi) is 6.38. The van der Waals surface area contributed by atoms with E-state index in [9.17, 15) is 5.11 Å². The van der Waals surface area contributed by atoms with Crippen molar-refractivity contribution in [1.29, 1.82) is 0 Å². The number of phenolic OH excluding ortho intramolecular Hbond substituents is 1. The highest BCUT2D eigenvalue weighted by Crippen LogP contribution is 2.23. The molecule has 0 aliphatic carbocycles. The third kappa shape index (κ3) is 5.83. The summed E-state index contributed by atoms with van der Waals surface area (Å²) in [6.45, 7) is 0.439. The summed E-state index contributed by atoms with van der Waals surface area (Å²) in [5.41, 5.74) is 5.20. The van der Waals surface area contributed by atoms with Gasteiger partial charge in [-0.1, -0.05) is 48.5 Å². The van der Waals surface area contributed by atoms with E-state index in [-0.39, 0.29) is 5.75 Å². The number of hydrogen-bond acceptors (Lipinski definition) is 4. The highest BCUT2D eigenvalue weighted by Gasteiger charge is 2.02. The molecule has 0 bridgehead atoms. The van der Waals surface area contributed by atoms with Gasteiger partial charge in [0.25, 0.3) is 0 Å². The van der Waals surface area contributed by atoms with Crippen LogP contribution in [0, 0.1) is 0 Å². The lowest BCUT2D eigenvalue weighted by Crippen LogP contribution is -2.23. The fourth-order valence-electron chi connectivity index (χ4n) is 2.30. The van der Waals surface area contributed by atoms with Crippen LogP contribution in [0.2, 0.25) is 0 Å². The monoisotopic (exact) mass is 377 g/mol. The van der Waals surface area contributed by atoms with Crippen molar-refractivity contribution in [3.63, 3.8) is 0 Å². The van der Waals surface area contributed by atoms with Crippen molar-refractivity contribution in [3.05, 3.63) is 90.0 Å². The molecule has 0 heterocycles. The number of hydrazone groups is 1. The van der Waals surface area contributed by atoms with Crippen molar-refractivity contribution in [1.82, 2.24) is 5.43 Å². The van der Waals surface area contributed by atoms with E-state index in [1.54, 1.807) is 18.2 Å². The largest absolute Gasteiger partial charge is 0.507 e. The third-order valence-electron chi connectivity index (χ3n) is 3.65. The number of rotatable bonds is 6. The van der Waals surface area contributed by atoms with Gasteiger partial charge in [0.15, 0.2) is 5.11 Å². The molecular weight excluding hydrogens is 358 g/mol. The topological polar surface area (TPSA) is 65.9 Å². The van der Waals surface area contributed by atoms with Crippen molar-refractivity contribution in [2.45, 2.75) is 6.61 Å². The van der Waals surface area contributed by atoms with E-state index >= 15 is 0 Å². The van der Waals surface area contributed by atoms with Gasteiger partial charge in [0.05, 0.1) is 6.21 Å². The molecule has 0 radical (unpaired) electrons. The lowest BCUT2D eigenvalue weighted by atomic mass is 10.2. The molecule has 3 N–H and O–H groups in total. The maximum absolute atomic E-state index is 10.1. The molecule has 3 aromatic carbocycles. The number of hydrogen-bond donors (Lipinski definition) is 3. The van der Waals surface area contributed by atoms with Gasteiger partial charge in [-0.15, -0.1) is 0 Å². The van der Waals surface area contributed by atoms with Crippen molar-refractivity contribution < 1.29 is 9.84 Å². The Hall–Kier alpha value is -3.38. The first-order chi connectivity index (χ1) is 13.2. The smallest absolute Gasteiger partial charge is 0.191 e. The van der Waals surface area contributed by atoms with E-state index in [0.717, 1.165) is 11.3 Å². The summed E-state index contributed by atoms with van der Waals surface area (Å²) in [5.74, 6) is 0.663. The Balaban J connectivity index is 1.52. The van der Waals surface area contributed by atoms with Gasteiger partial charge in [0, 0.05) is 17.3 Å². The Morgan fingerprint density at radius 2 is 1.70 bits per heavy atom. The molecule has 0 spiro atoms. The molecule has 3 aromatic rings.